The molecule has 0 bridgehead atoms. The lowest BCUT2D eigenvalue weighted by Gasteiger charge is -2.10. The van der Waals surface area contributed by atoms with E-state index >= 15 is 0 Å². The lowest BCUT2D eigenvalue weighted by atomic mass is 10.1. The summed E-state index contributed by atoms with van der Waals surface area (Å²) < 4.78 is 9.18. The quantitative estimate of drug-likeness (QED) is 0.358. The topological polar surface area (TPSA) is 93.1 Å². The van der Waals surface area contributed by atoms with Gasteiger partial charge in [-0.3, -0.25) is 0 Å². The van der Waals surface area contributed by atoms with Crippen LogP contribution in [0, 0.1) is 0 Å². The molecule has 0 aliphatic rings. The molecule has 0 aromatic heterocycles. The SMILES string of the molecule is C=C(C(=C)C(=O)OCC(C)O)C(=O)OCCO. The van der Waals surface area contributed by atoms with Crippen molar-refractivity contribution in [1.82, 2.24) is 0 Å². The lowest BCUT2D eigenvalue weighted by Crippen LogP contribution is -2.20. The van der Waals surface area contributed by atoms with Gasteiger partial charge in [0.25, 0.3) is 0 Å². The van der Waals surface area contributed by atoms with Gasteiger partial charge in [0.15, 0.2) is 0 Å². The van der Waals surface area contributed by atoms with E-state index in [1.54, 1.807) is 0 Å². The number of hydrogen-bond donors (Lipinski definition) is 2. The van der Waals surface area contributed by atoms with Gasteiger partial charge < -0.3 is 19.7 Å². The minimum Gasteiger partial charge on any atom is -0.460 e. The summed E-state index contributed by atoms with van der Waals surface area (Å²) in [5.74, 6) is -1.70. The Morgan fingerprint density at radius 2 is 1.65 bits per heavy atom. The first-order chi connectivity index (χ1) is 7.90. The van der Waals surface area contributed by atoms with Gasteiger partial charge in [0.05, 0.1) is 23.9 Å². The highest BCUT2D eigenvalue weighted by molar-refractivity contribution is 6.06. The number of aliphatic hydroxyl groups is 2. The summed E-state index contributed by atoms with van der Waals surface area (Å²) in [6, 6.07) is 0. The third-order valence-electron chi connectivity index (χ3n) is 1.64. The van der Waals surface area contributed by atoms with Crippen LogP contribution in [0.3, 0.4) is 0 Å². The zero-order chi connectivity index (χ0) is 13.4. The van der Waals surface area contributed by atoms with Crippen molar-refractivity contribution in [3.63, 3.8) is 0 Å². The van der Waals surface area contributed by atoms with Crippen molar-refractivity contribution in [1.29, 1.82) is 0 Å². The molecule has 17 heavy (non-hydrogen) atoms. The van der Waals surface area contributed by atoms with Crippen LogP contribution < -0.4 is 0 Å². The van der Waals surface area contributed by atoms with E-state index in [0.29, 0.717) is 0 Å². The van der Waals surface area contributed by atoms with Crippen molar-refractivity contribution in [2.45, 2.75) is 13.0 Å². The summed E-state index contributed by atoms with van der Waals surface area (Å²) in [6.45, 7) is 7.42. The van der Waals surface area contributed by atoms with Gasteiger partial charge >= 0.3 is 11.9 Å². The van der Waals surface area contributed by atoms with Crippen LogP contribution in [0.1, 0.15) is 6.92 Å². The zero-order valence-corrected chi connectivity index (χ0v) is 9.64. The molecule has 0 fully saturated rings. The molecule has 1 unspecified atom stereocenters. The molecule has 0 amide bonds. The minimum absolute atomic E-state index is 0.187. The third-order valence-corrected chi connectivity index (χ3v) is 1.64. The molecular formula is C11H16O6. The van der Waals surface area contributed by atoms with E-state index in [1.807, 2.05) is 0 Å². The smallest absolute Gasteiger partial charge is 0.338 e. The van der Waals surface area contributed by atoms with Gasteiger partial charge in [-0.2, -0.15) is 0 Å². The molecule has 0 radical (unpaired) electrons. The first-order valence-electron chi connectivity index (χ1n) is 4.91. The first-order valence-corrected chi connectivity index (χ1v) is 4.91. The van der Waals surface area contributed by atoms with Crippen LogP contribution in [-0.2, 0) is 19.1 Å². The fraction of sp³-hybridized carbons (Fsp3) is 0.455. The van der Waals surface area contributed by atoms with E-state index in [9.17, 15) is 9.59 Å². The van der Waals surface area contributed by atoms with Gasteiger partial charge in [-0.15, -0.1) is 0 Å². The van der Waals surface area contributed by atoms with Gasteiger partial charge in [0, 0.05) is 0 Å². The number of rotatable bonds is 7. The molecule has 0 saturated heterocycles. The Morgan fingerprint density at radius 1 is 1.18 bits per heavy atom. The second kappa shape index (κ2) is 7.59. The van der Waals surface area contributed by atoms with Crippen LogP contribution in [0.5, 0.6) is 0 Å². The summed E-state index contributed by atoms with van der Waals surface area (Å²) in [5.41, 5.74) is -0.484. The Bertz CT molecular complexity index is 318. The molecule has 2 N–H and O–H groups in total. The molecule has 6 heteroatoms. The Kier molecular flexibility index (Phi) is 6.85. The van der Waals surface area contributed by atoms with E-state index in [1.165, 1.54) is 6.92 Å². The monoisotopic (exact) mass is 244 g/mol. The highest BCUT2D eigenvalue weighted by Crippen LogP contribution is 2.09. The molecule has 0 aromatic rings. The van der Waals surface area contributed by atoms with Gasteiger partial charge in [-0.05, 0) is 6.92 Å². The third kappa shape index (κ3) is 5.84. The maximum Gasteiger partial charge on any atom is 0.338 e. The van der Waals surface area contributed by atoms with E-state index in [-0.39, 0.29) is 31.0 Å². The molecule has 0 heterocycles. The number of ether oxygens (including phenoxy) is 2. The largest absolute Gasteiger partial charge is 0.460 e. The van der Waals surface area contributed by atoms with E-state index < -0.39 is 18.0 Å². The second-order valence-electron chi connectivity index (χ2n) is 3.26. The van der Waals surface area contributed by atoms with E-state index in [0.717, 1.165) is 0 Å². The fourth-order valence-corrected chi connectivity index (χ4v) is 0.755. The first kappa shape index (κ1) is 15.3. The molecule has 96 valence electrons. The zero-order valence-electron chi connectivity index (χ0n) is 9.64. The Morgan fingerprint density at radius 3 is 2.06 bits per heavy atom. The van der Waals surface area contributed by atoms with Gasteiger partial charge in [-0.1, -0.05) is 13.2 Å². The average molecular weight is 244 g/mol. The maximum absolute atomic E-state index is 11.3. The number of esters is 2. The summed E-state index contributed by atoms with van der Waals surface area (Å²) in [4.78, 5) is 22.6. The lowest BCUT2D eigenvalue weighted by molar-refractivity contribution is -0.144. The standard InChI is InChI=1S/C11H16O6/c1-7(13)6-17-11(15)9(3)8(2)10(14)16-5-4-12/h7,12-13H,2-6H2,1H3. The van der Waals surface area contributed by atoms with Crippen LogP contribution in [0.15, 0.2) is 24.3 Å². The number of hydrogen-bond acceptors (Lipinski definition) is 6. The van der Waals surface area contributed by atoms with Crippen LogP contribution in [0.2, 0.25) is 0 Å². The average Bonchev–Trinajstić information content (AvgIpc) is 2.30. The summed E-state index contributed by atoms with van der Waals surface area (Å²) in [7, 11) is 0. The van der Waals surface area contributed by atoms with Crippen molar-refractivity contribution in [2.24, 2.45) is 0 Å². The molecular weight excluding hydrogens is 228 g/mol. The van der Waals surface area contributed by atoms with Crippen molar-refractivity contribution in [3.05, 3.63) is 24.3 Å². The normalized spacial score (nSPS) is 11.5. The molecule has 0 spiro atoms. The van der Waals surface area contributed by atoms with Crippen LogP contribution in [0.25, 0.3) is 0 Å². The molecule has 0 aliphatic carbocycles. The van der Waals surface area contributed by atoms with E-state index in [2.05, 4.69) is 22.6 Å². The van der Waals surface area contributed by atoms with Crippen LogP contribution in [0.4, 0.5) is 0 Å². The molecule has 0 aliphatic heterocycles. The summed E-state index contributed by atoms with van der Waals surface area (Å²) >= 11 is 0. The molecule has 0 aromatic carbocycles. The van der Waals surface area contributed by atoms with Gasteiger partial charge in [0.2, 0.25) is 0 Å². The van der Waals surface area contributed by atoms with Gasteiger partial charge in [-0.25, -0.2) is 9.59 Å². The van der Waals surface area contributed by atoms with Gasteiger partial charge in [0.1, 0.15) is 13.2 Å². The Hall–Kier alpha value is -1.66. The van der Waals surface area contributed by atoms with Crippen molar-refractivity contribution < 1.29 is 29.3 Å². The van der Waals surface area contributed by atoms with Crippen LogP contribution >= 0.6 is 0 Å². The van der Waals surface area contributed by atoms with Crippen molar-refractivity contribution in [2.75, 3.05) is 19.8 Å². The highest BCUT2D eigenvalue weighted by atomic mass is 16.5. The Labute approximate surface area is 99.1 Å². The highest BCUT2D eigenvalue weighted by Gasteiger charge is 2.19. The van der Waals surface area contributed by atoms with Crippen molar-refractivity contribution >= 4 is 11.9 Å². The predicted molar refractivity (Wildman–Crippen MR) is 59.0 cm³/mol. The summed E-state index contributed by atoms with van der Waals surface area (Å²) in [6.07, 6.45) is -0.804. The minimum atomic E-state index is -0.850. The summed E-state index contributed by atoms with van der Waals surface area (Å²) in [5, 5.41) is 17.3. The number of carbonyl (C=O) groups excluding carboxylic acids is 2. The number of aliphatic hydroxyl groups excluding tert-OH is 2. The molecule has 0 rings (SSSR count). The second-order valence-corrected chi connectivity index (χ2v) is 3.26. The molecule has 6 nitrogen and oxygen atoms in total. The molecule has 0 saturated carbocycles. The fourth-order valence-electron chi connectivity index (χ4n) is 0.755. The predicted octanol–water partition coefficient (Wildman–Crippen LogP) is -0.442. The van der Waals surface area contributed by atoms with E-state index in [4.69, 9.17) is 10.2 Å². The van der Waals surface area contributed by atoms with Crippen LogP contribution in [-0.4, -0.2) is 48.1 Å². The maximum atomic E-state index is 11.3. The van der Waals surface area contributed by atoms with Crippen molar-refractivity contribution in [3.8, 4) is 0 Å². The molecule has 1 atom stereocenters. The number of carbonyl (C=O) groups is 2. The Balaban J connectivity index is 4.25.